The van der Waals surface area contributed by atoms with E-state index in [9.17, 15) is 0 Å². The van der Waals surface area contributed by atoms with Gasteiger partial charge in [0.1, 0.15) is 10.0 Å². The monoisotopic (exact) mass is 837 g/mol. The number of nitrogens with zero attached hydrogens (tertiary/aromatic N) is 3. The highest BCUT2D eigenvalue weighted by molar-refractivity contribution is 7.22. The van der Waals surface area contributed by atoms with Gasteiger partial charge in [0.25, 0.3) is 6.71 Å². The maximum atomic E-state index is 5.79. The first-order valence-electron chi connectivity index (χ1n) is 23.3. The summed E-state index contributed by atoms with van der Waals surface area (Å²) in [6, 6.07) is 48.3. The first-order valence-corrected chi connectivity index (χ1v) is 24.1. The number of hydrogen-bond acceptors (Lipinski definition) is 4. The zero-order valence-electron chi connectivity index (χ0n) is 37.6. The Morgan fingerprint density at radius 1 is 0.746 bits per heavy atom. The molecule has 2 atom stereocenters. The van der Waals surface area contributed by atoms with E-state index in [0.717, 1.165) is 46.6 Å². The molecule has 0 N–H and O–H groups in total. The lowest BCUT2D eigenvalue weighted by molar-refractivity contribution is 0.624. The summed E-state index contributed by atoms with van der Waals surface area (Å²) < 4.78 is 0. The first kappa shape index (κ1) is 41.0. The fraction of sp³-hybridized carbons (Fsp3) is 0.259. The van der Waals surface area contributed by atoms with Crippen molar-refractivity contribution in [2.75, 3.05) is 9.80 Å². The van der Waals surface area contributed by atoms with E-state index in [-0.39, 0.29) is 6.71 Å². The van der Waals surface area contributed by atoms with Crippen LogP contribution in [0.15, 0.2) is 133 Å². The van der Waals surface area contributed by atoms with Gasteiger partial charge in [0.05, 0.1) is 11.3 Å². The van der Waals surface area contributed by atoms with Crippen LogP contribution in [0, 0.1) is 31.6 Å². The minimum atomic E-state index is -0.0623. The summed E-state index contributed by atoms with van der Waals surface area (Å²) in [6.45, 7) is 13.6. The SMILES string of the molecule is CCCCc1ccc(N2c3ccc(C)cc3B3c4nc(-c5ccc(C)cc5)sc4N(c4c(C5=CC(C)CC#C5)cccc4-c4ccccc4)c4cc(C(C)CCCC)cc2c43)cc1. The van der Waals surface area contributed by atoms with Gasteiger partial charge in [0, 0.05) is 51.4 Å². The minimum Gasteiger partial charge on any atom is -0.311 e. The molecule has 5 heteroatoms. The summed E-state index contributed by atoms with van der Waals surface area (Å²) in [4.78, 5) is 11.0. The number of fused-ring (bicyclic) bond motifs is 4. The molecule has 0 spiro atoms. The lowest BCUT2D eigenvalue weighted by atomic mass is 9.35. The van der Waals surface area contributed by atoms with Crippen molar-refractivity contribution in [1.29, 1.82) is 0 Å². The quantitative estimate of drug-likeness (QED) is 0.0903. The summed E-state index contributed by atoms with van der Waals surface area (Å²) in [5.41, 5.74) is 20.9. The molecule has 1 aromatic heterocycles. The van der Waals surface area contributed by atoms with Crippen LogP contribution in [0.3, 0.4) is 0 Å². The van der Waals surface area contributed by atoms with Crippen LogP contribution < -0.4 is 26.3 Å². The molecule has 10 rings (SSSR count). The number of anilines is 6. The summed E-state index contributed by atoms with van der Waals surface area (Å²) in [7, 11) is 0. The smallest absolute Gasteiger partial charge is 0.276 e. The molecule has 3 aliphatic rings. The second-order valence-corrected chi connectivity index (χ2v) is 19.1. The third kappa shape index (κ3) is 7.53. The summed E-state index contributed by atoms with van der Waals surface area (Å²) in [6.07, 6.45) is 10.3. The third-order valence-corrected chi connectivity index (χ3v) is 14.5. The third-order valence-electron chi connectivity index (χ3n) is 13.4. The Morgan fingerprint density at radius 3 is 2.22 bits per heavy atom. The van der Waals surface area contributed by atoms with Crippen molar-refractivity contribution in [3.63, 3.8) is 0 Å². The van der Waals surface area contributed by atoms with Gasteiger partial charge < -0.3 is 9.80 Å². The number of aryl methyl sites for hydroxylation is 3. The van der Waals surface area contributed by atoms with Crippen molar-refractivity contribution in [3.8, 4) is 33.5 Å². The van der Waals surface area contributed by atoms with Crippen molar-refractivity contribution in [1.82, 2.24) is 4.98 Å². The molecule has 6 aromatic carbocycles. The summed E-state index contributed by atoms with van der Waals surface area (Å²) in [5, 5.41) is 2.22. The van der Waals surface area contributed by atoms with E-state index in [0.29, 0.717) is 11.8 Å². The van der Waals surface area contributed by atoms with Crippen LogP contribution in [0.4, 0.5) is 33.4 Å². The highest BCUT2D eigenvalue weighted by Gasteiger charge is 2.47. The summed E-state index contributed by atoms with van der Waals surface area (Å²) >= 11 is 1.83. The number of hydrogen-bond donors (Lipinski definition) is 0. The normalized spacial score (nSPS) is 15.2. The molecule has 0 saturated heterocycles. The van der Waals surface area contributed by atoms with Gasteiger partial charge in [-0.05, 0) is 103 Å². The van der Waals surface area contributed by atoms with Gasteiger partial charge in [0.2, 0.25) is 0 Å². The maximum absolute atomic E-state index is 5.79. The Hall–Kier alpha value is -6.09. The van der Waals surface area contributed by atoms with Gasteiger partial charge >= 0.3 is 0 Å². The van der Waals surface area contributed by atoms with Gasteiger partial charge in [0.15, 0.2) is 0 Å². The minimum absolute atomic E-state index is 0.0623. The van der Waals surface area contributed by atoms with Crippen LogP contribution in [0.5, 0.6) is 0 Å². The van der Waals surface area contributed by atoms with Gasteiger partial charge in [-0.15, -0.1) is 0 Å². The largest absolute Gasteiger partial charge is 0.311 e. The Morgan fingerprint density at radius 2 is 1.48 bits per heavy atom. The van der Waals surface area contributed by atoms with Gasteiger partial charge in [-0.2, -0.15) is 0 Å². The molecule has 3 nitrogen and oxygen atoms in total. The highest BCUT2D eigenvalue weighted by Crippen LogP contribution is 2.52. The van der Waals surface area contributed by atoms with E-state index in [2.05, 4.69) is 197 Å². The molecule has 0 radical (unpaired) electrons. The fourth-order valence-electron chi connectivity index (χ4n) is 9.95. The van der Waals surface area contributed by atoms with Gasteiger partial charge in [-0.25, -0.2) is 4.98 Å². The molecule has 63 heavy (non-hydrogen) atoms. The number of thiazole rings is 1. The zero-order chi connectivity index (χ0) is 43.2. The lowest BCUT2D eigenvalue weighted by Gasteiger charge is -2.43. The molecule has 2 aliphatic heterocycles. The molecule has 3 heterocycles. The molecule has 0 fully saturated rings. The van der Waals surface area contributed by atoms with Crippen LogP contribution >= 0.6 is 11.3 Å². The van der Waals surface area contributed by atoms with E-state index in [1.807, 2.05) is 11.3 Å². The van der Waals surface area contributed by atoms with E-state index in [4.69, 9.17) is 4.98 Å². The number of aromatic nitrogens is 1. The Labute approximate surface area is 379 Å². The number of benzene rings is 6. The first-order chi connectivity index (χ1) is 30.8. The van der Waals surface area contributed by atoms with Crippen molar-refractivity contribution < 1.29 is 0 Å². The predicted molar refractivity (Wildman–Crippen MR) is 273 cm³/mol. The Bertz CT molecular complexity index is 2910. The maximum Gasteiger partial charge on any atom is 0.276 e. The molecule has 7 aromatic rings. The van der Waals surface area contributed by atoms with Gasteiger partial charge in [-0.3, -0.25) is 0 Å². The van der Waals surface area contributed by atoms with Crippen LogP contribution in [0.1, 0.15) is 100.0 Å². The Balaban J connectivity index is 1.32. The second-order valence-electron chi connectivity index (χ2n) is 18.2. The van der Waals surface area contributed by atoms with Crippen molar-refractivity contribution >= 4 is 73.6 Å². The molecule has 0 bridgehead atoms. The lowest BCUT2D eigenvalue weighted by Crippen LogP contribution is -2.61. The molecule has 0 saturated carbocycles. The molecular weight excluding hydrogens is 782 g/mol. The number of para-hydroxylation sites is 1. The zero-order valence-corrected chi connectivity index (χ0v) is 38.4. The van der Waals surface area contributed by atoms with Gasteiger partial charge in [-0.1, -0.05) is 184 Å². The van der Waals surface area contributed by atoms with Crippen LogP contribution in [-0.4, -0.2) is 11.7 Å². The van der Waals surface area contributed by atoms with Crippen LogP contribution in [0.25, 0.3) is 27.3 Å². The topological polar surface area (TPSA) is 19.4 Å². The van der Waals surface area contributed by atoms with Crippen molar-refractivity contribution in [2.24, 2.45) is 5.92 Å². The number of rotatable bonds is 12. The summed E-state index contributed by atoms with van der Waals surface area (Å²) in [5.74, 6) is 7.89. The van der Waals surface area contributed by atoms with Crippen LogP contribution in [-0.2, 0) is 6.42 Å². The molecule has 0 amide bonds. The van der Waals surface area contributed by atoms with Crippen molar-refractivity contribution in [3.05, 3.63) is 161 Å². The average molecular weight is 838 g/mol. The van der Waals surface area contributed by atoms with Crippen molar-refractivity contribution in [2.45, 2.75) is 92.4 Å². The number of allylic oxidation sites excluding steroid dienone is 2. The van der Waals surface area contributed by atoms with E-state index < -0.39 is 0 Å². The molecular formula is C58H56BN3S. The van der Waals surface area contributed by atoms with E-state index in [1.165, 1.54) is 103 Å². The molecule has 312 valence electrons. The fourth-order valence-corrected chi connectivity index (χ4v) is 11.1. The van der Waals surface area contributed by atoms with E-state index in [1.54, 1.807) is 0 Å². The Kier molecular flexibility index (Phi) is 11.2. The average Bonchev–Trinajstić information content (AvgIpc) is 3.75. The second kappa shape index (κ2) is 17.2. The van der Waals surface area contributed by atoms with E-state index >= 15 is 0 Å². The van der Waals surface area contributed by atoms with Crippen LogP contribution in [0.2, 0.25) is 0 Å². The standard InChI is InChI=1S/C58H56BN3S/c1-7-9-17-41(6)46-36-52-54-53(37-46)62(55-48(43-19-12-11-13-20-43)22-15-23-49(55)45-21-14-16-39(4)34-45)58-56(60-57(63-58)44-29-24-38(3)25-30-44)59(54)50-35-40(5)26-33-51(50)61(52)47-31-27-42(28-32-47)18-10-8-2/h11-13,15,19-20,22-37,39,41H,7-10,16-18H2,1-6H3. The highest BCUT2D eigenvalue weighted by atomic mass is 32.1. The predicted octanol–water partition coefficient (Wildman–Crippen LogP) is 14.2. The molecule has 1 aliphatic carbocycles. The molecule has 2 unspecified atom stereocenters. The number of unbranched alkanes of at least 4 members (excludes halogenated alkanes) is 2.